The second-order valence-corrected chi connectivity index (χ2v) is 4.00. The zero-order chi connectivity index (χ0) is 11.2. The van der Waals surface area contributed by atoms with Crippen LogP contribution in [-0.2, 0) is 4.79 Å². The highest BCUT2D eigenvalue weighted by atomic mass is 127. The summed E-state index contributed by atoms with van der Waals surface area (Å²) >= 11 is 1.68. The highest BCUT2D eigenvalue weighted by Crippen LogP contribution is 2.37. The standard InChI is InChI=1S/C8H3F3INO2/c9-3-1-6-5(2-4(3)12)13-7(14)8(10,11)15-6/h1-2H,(H,13,14). The fraction of sp³-hybridized carbons (Fsp3) is 0.125. The summed E-state index contributed by atoms with van der Waals surface area (Å²) in [6.45, 7) is 0. The molecule has 1 amide bonds. The monoisotopic (exact) mass is 329 g/mol. The van der Waals surface area contributed by atoms with Crippen molar-refractivity contribution in [2.24, 2.45) is 0 Å². The number of rotatable bonds is 0. The van der Waals surface area contributed by atoms with Crippen LogP contribution in [0.3, 0.4) is 0 Å². The predicted octanol–water partition coefficient (Wildman–Crippen LogP) is 2.35. The van der Waals surface area contributed by atoms with E-state index < -0.39 is 17.8 Å². The molecule has 0 unspecified atom stereocenters. The summed E-state index contributed by atoms with van der Waals surface area (Å²) in [4.78, 5) is 10.8. The molecule has 1 aromatic rings. The zero-order valence-corrected chi connectivity index (χ0v) is 9.14. The third-order valence-corrected chi connectivity index (χ3v) is 2.60. The van der Waals surface area contributed by atoms with Gasteiger partial charge in [0.05, 0.1) is 9.26 Å². The maximum atomic E-state index is 13.0. The minimum Gasteiger partial charge on any atom is -0.423 e. The van der Waals surface area contributed by atoms with Crippen LogP contribution in [0.1, 0.15) is 0 Å². The molecular weight excluding hydrogens is 326 g/mol. The fourth-order valence-electron chi connectivity index (χ4n) is 1.09. The topological polar surface area (TPSA) is 38.3 Å². The van der Waals surface area contributed by atoms with Crippen LogP contribution in [0, 0.1) is 9.39 Å². The predicted molar refractivity (Wildman–Crippen MR) is 53.3 cm³/mol. The Hall–Kier alpha value is -0.990. The van der Waals surface area contributed by atoms with E-state index in [1.807, 2.05) is 5.32 Å². The van der Waals surface area contributed by atoms with Gasteiger partial charge in [-0.25, -0.2) is 4.39 Å². The number of hydrogen-bond acceptors (Lipinski definition) is 2. The van der Waals surface area contributed by atoms with E-state index in [1.54, 1.807) is 22.6 Å². The van der Waals surface area contributed by atoms with Crippen molar-refractivity contribution >= 4 is 34.2 Å². The average Bonchev–Trinajstić information content (AvgIpc) is 2.11. The molecule has 3 nitrogen and oxygen atoms in total. The van der Waals surface area contributed by atoms with Gasteiger partial charge in [0.25, 0.3) is 0 Å². The summed E-state index contributed by atoms with van der Waals surface area (Å²) in [5, 5.41) is 1.93. The Balaban J connectivity index is 2.51. The van der Waals surface area contributed by atoms with E-state index >= 15 is 0 Å². The van der Waals surface area contributed by atoms with Crippen LogP contribution in [0.5, 0.6) is 5.75 Å². The SMILES string of the molecule is O=C1Nc2cc(I)c(F)cc2OC1(F)F. The Morgan fingerprint density at radius 3 is 2.73 bits per heavy atom. The van der Waals surface area contributed by atoms with Crippen LogP contribution >= 0.6 is 22.6 Å². The number of ether oxygens (including phenoxy) is 1. The first-order chi connectivity index (χ1) is 6.90. The number of anilines is 1. The highest BCUT2D eigenvalue weighted by Gasteiger charge is 2.46. The highest BCUT2D eigenvalue weighted by molar-refractivity contribution is 14.1. The number of nitrogens with one attached hydrogen (secondary N) is 1. The van der Waals surface area contributed by atoms with Crippen LogP contribution in [0.2, 0.25) is 0 Å². The van der Waals surface area contributed by atoms with Crippen LogP contribution in [0.15, 0.2) is 12.1 Å². The van der Waals surface area contributed by atoms with Crippen molar-refractivity contribution < 1.29 is 22.7 Å². The van der Waals surface area contributed by atoms with Gasteiger partial charge in [-0.2, -0.15) is 8.78 Å². The molecule has 2 rings (SSSR count). The van der Waals surface area contributed by atoms with E-state index in [0.29, 0.717) is 0 Å². The maximum absolute atomic E-state index is 13.0. The molecule has 0 aliphatic carbocycles. The molecule has 0 saturated carbocycles. The third kappa shape index (κ3) is 1.75. The van der Waals surface area contributed by atoms with Gasteiger partial charge < -0.3 is 10.1 Å². The number of hydrogen-bond donors (Lipinski definition) is 1. The summed E-state index contributed by atoms with van der Waals surface area (Å²) in [6.07, 6.45) is -3.95. The van der Waals surface area contributed by atoms with Gasteiger partial charge in [-0.15, -0.1) is 0 Å². The maximum Gasteiger partial charge on any atom is 0.482 e. The van der Waals surface area contributed by atoms with E-state index in [2.05, 4.69) is 4.74 Å². The second kappa shape index (κ2) is 3.26. The summed E-state index contributed by atoms with van der Waals surface area (Å²) < 4.78 is 42.8. The lowest BCUT2D eigenvalue weighted by molar-refractivity contribution is -0.189. The van der Waals surface area contributed by atoms with Crippen molar-refractivity contribution in [2.45, 2.75) is 6.11 Å². The van der Waals surface area contributed by atoms with E-state index in [0.717, 1.165) is 6.07 Å². The van der Waals surface area contributed by atoms with Crippen molar-refractivity contribution in [1.29, 1.82) is 0 Å². The van der Waals surface area contributed by atoms with Gasteiger partial charge in [0.15, 0.2) is 5.75 Å². The van der Waals surface area contributed by atoms with E-state index in [-0.39, 0.29) is 15.0 Å². The number of fused-ring (bicyclic) bond motifs is 1. The number of benzene rings is 1. The Kier molecular flexibility index (Phi) is 2.28. The molecule has 1 aliphatic heterocycles. The first-order valence-corrected chi connectivity index (χ1v) is 4.85. The van der Waals surface area contributed by atoms with Gasteiger partial charge in [-0.05, 0) is 28.7 Å². The number of carbonyl (C=O) groups excluding carboxylic acids is 1. The Labute approximate surface area is 95.7 Å². The Morgan fingerprint density at radius 1 is 1.40 bits per heavy atom. The van der Waals surface area contributed by atoms with Gasteiger partial charge in [-0.1, -0.05) is 0 Å². The molecule has 0 radical (unpaired) electrons. The third-order valence-electron chi connectivity index (χ3n) is 1.77. The molecular formula is C8H3F3INO2. The van der Waals surface area contributed by atoms with Crippen molar-refractivity contribution in [2.75, 3.05) is 5.32 Å². The van der Waals surface area contributed by atoms with E-state index in [4.69, 9.17) is 0 Å². The lowest BCUT2D eigenvalue weighted by atomic mass is 10.2. The molecule has 0 fully saturated rings. The van der Waals surface area contributed by atoms with Gasteiger partial charge in [0.1, 0.15) is 5.82 Å². The van der Waals surface area contributed by atoms with E-state index in [1.165, 1.54) is 6.07 Å². The van der Waals surface area contributed by atoms with Crippen LogP contribution in [-0.4, -0.2) is 12.0 Å². The Bertz CT molecular complexity index is 450. The zero-order valence-electron chi connectivity index (χ0n) is 6.98. The van der Waals surface area contributed by atoms with Crippen molar-refractivity contribution in [3.63, 3.8) is 0 Å². The molecule has 1 N–H and O–H groups in total. The van der Waals surface area contributed by atoms with Crippen LogP contribution in [0.25, 0.3) is 0 Å². The molecule has 1 aliphatic rings. The average molecular weight is 329 g/mol. The van der Waals surface area contributed by atoms with Gasteiger partial charge in [-0.3, -0.25) is 4.79 Å². The minimum absolute atomic E-state index is 0.0386. The number of amides is 1. The van der Waals surface area contributed by atoms with Crippen molar-refractivity contribution in [3.05, 3.63) is 21.5 Å². The summed E-state index contributed by atoms with van der Waals surface area (Å²) in [6, 6.07) is 2.03. The molecule has 0 atom stereocenters. The molecule has 0 bridgehead atoms. The first kappa shape index (κ1) is 10.5. The molecule has 0 aromatic heterocycles. The van der Waals surface area contributed by atoms with Gasteiger partial charge in [0.2, 0.25) is 0 Å². The molecule has 0 saturated heterocycles. The summed E-state index contributed by atoms with van der Waals surface area (Å²) in [5.74, 6) is -2.61. The second-order valence-electron chi connectivity index (χ2n) is 2.84. The smallest absolute Gasteiger partial charge is 0.423 e. The number of carbonyl (C=O) groups is 1. The first-order valence-electron chi connectivity index (χ1n) is 3.77. The lowest BCUT2D eigenvalue weighted by Crippen LogP contribution is -2.43. The van der Waals surface area contributed by atoms with Crippen LogP contribution < -0.4 is 10.1 Å². The molecule has 0 spiro atoms. The largest absolute Gasteiger partial charge is 0.482 e. The van der Waals surface area contributed by atoms with E-state index in [9.17, 15) is 18.0 Å². The van der Waals surface area contributed by atoms with Gasteiger partial charge in [0, 0.05) is 6.07 Å². The fourth-order valence-corrected chi connectivity index (χ4v) is 1.56. The lowest BCUT2D eigenvalue weighted by Gasteiger charge is -2.24. The Morgan fingerprint density at radius 2 is 2.07 bits per heavy atom. The quantitative estimate of drug-likeness (QED) is 0.742. The van der Waals surface area contributed by atoms with Crippen molar-refractivity contribution in [3.8, 4) is 5.75 Å². The minimum atomic E-state index is -3.95. The normalized spacial score (nSPS) is 17.7. The number of halogens is 4. The molecule has 80 valence electrons. The van der Waals surface area contributed by atoms with Crippen LogP contribution in [0.4, 0.5) is 18.9 Å². The molecule has 1 heterocycles. The molecule has 1 aromatic carbocycles. The number of alkyl halides is 2. The summed E-state index contributed by atoms with van der Waals surface area (Å²) in [5.41, 5.74) is 0.0386. The molecule has 15 heavy (non-hydrogen) atoms. The summed E-state index contributed by atoms with van der Waals surface area (Å²) in [7, 11) is 0. The van der Waals surface area contributed by atoms with Crippen molar-refractivity contribution in [1.82, 2.24) is 0 Å². The molecule has 7 heteroatoms. The van der Waals surface area contributed by atoms with Gasteiger partial charge >= 0.3 is 12.0 Å².